The molecule has 0 radical (unpaired) electrons. The molecule has 3 aliphatic rings. The number of likely N-dealkylation sites (tertiary alicyclic amines) is 1. The molecule has 19 heavy (non-hydrogen) atoms. The van der Waals surface area contributed by atoms with E-state index >= 15 is 0 Å². The Morgan fingerprint density at radius 3 is 2.32 bits per heavy atom. The van der Waals surface area contributed by atoms with E-state index in [0.29, 0.717) is 11.7 Å². The second-order valence-electron chi connectivity index (χ2n) is 6.62. The van der Waals surface area contributed by atoms with Gasteiger partial charge < -0.3 is 4.74 Å². The molecule has 0 aromatic heterocycles. The van der Waals surface area contributed by atoms with Crippen molar-refractivity contribution in [3.63, 3.8) is 0 Å². The van der Waals surface area contributed by atoms with Crippen molar-refractivity contribution in [1.29, 1.82) is 0 Å². The molecule has 0 N–H and O–H groups in total. The number of Topliss-reactive ketones (excluding diaryl/α,β-unsaturated/α-hetero) is 1. The predicted molar refractivity (Wildman–Crippen MR) is 75.2 cm³/mol. The molecule has 0 spiro atoms. The molecule has 3 nitrogen and oxygen atoms in total. The minimum atomic E-state index is -0.0607. The van der Waals surface area contributed by atoms with Gasteiger partial charge in [-0.15, -0.1) is 0 Å². The van der Waals surface area contributed by atoms with Gasteiger partial charge in [0.15, 0.2) is 5.78 Å². The number of hydrogen-bond acceptors (Lipinski definition) is 3. The highest BCUT2D eigenvalue weighted by Crippen LogP contribution is 2.40. The van der Waals surface area contributed by atoms with Crippen LogP contribution in [0.4, 0.5) is 0 Å². The Morgan fingerprint density at radius 2 is 1.68 bits per heavy atom. The first-order valence-corrected chi connectivity index (χ1v) is 8.17. The van der Waals surface area contributed by atoms with Crippen LogP contribution >= 0.6 is 0 Å². The van der Waals surface area contributed by atoms with Gasteiger partial charge in [-0.2, -0.15) is 0 Å². The Bertz CT molecular complexity index is 311. The first kappa shape index (κ1) is 13.6. The molecule has 1 saturated carbocycles. The molecule has 0 aromatic rings. The van der Waals surface area contributed by atoms with Crippen LogP contribution in [0.1, 0.15) is 57.8 Å². The van der Waals surface area contributed by atoms with Crippen LogP contribution in [0, 0.1) is 5.92 Å². The zero-order valence-corrected chi connectivity index (χ0v) is 12.0. The molecule has 3 heteroatoms. The Morgan fingerprint density at radius 1 is 1.05 bits per heavy atom. The average molecular weight is 265 g/mol. The Labute approximate surface area is 116 Å². The van der Waals surface area contributed by atoms with Gasteiger partial charge in [-0.25, -0.2) is 0 Å². The van der Waals surface area contributed by atoms with Crippen molar-refractivity contribution < 1.29 is 9.53 Å². The fraction of sp³-hybridized carbons (Fsp3) is 0.938. The molecular formula is C16H27NO2. The van der Waals surface area contributed by atoms with E-state index in [1.54, 1.807) is 0 Å². The third-order valence-electron chi connectivity index (χ3n) is 5.48. The third-order valence-corrected chi connectivity index (χ3v) is 5.48. The molecule has 0 bridgehead atoms. The maximum atomic E-state index is 12.9. The first-order chi connectivity index (χ1) is 9.31. The number of nitrogens with zero attached hydrogens (tertiary/aromatic N) is 1. The molecule has 0 unspecified atom stereocenters. The fourth-order valence-electron chi connectivity index (χ4n) is 4.28. The molecule has 2 heterocycles. The summed E-state index contributed by atoms with van der Waals surface area (Å²) < 4.78 is 5.41. The van der Waals surface area contributed by atoms with Crippen LogP contribution in [0.3, 0.4) is 0 Å². The van der Waals surface area contributed by atoms with E-state index in [1.165, 1.54) is 25.7 Å². The normalized spacial score (nSPS) is 28.8. The summed E-state index contributed by atoms with van der Waals surface area (Å²) in [5, 5.41) is 0. The van der Waals surface area contributed by atoms with Crippen LogP contribution in [0.25, 0.3) is 0 Å². The molecule has 0 aromatic carbocycles. The molecule has 2 aliphatic heterocycles. The van der Waals surface area contributed by atoms with E-state index in [2.05, 4.69) is 4.90 Å². The smallest absolute Gasteiger partial charge is 0.153 e. The molecule has 3 rings (SSSR count). The van der Waals surface area contributed by atoms with E-state index in [-0.39, 0.29) is 5.54 Å². The van der Waals surface area contributed by atoms with E-state index in [1.807, 2.05) is 0 Å². The largest absolute Gasteiger partial charge is 0.381 e. The summed E-state index contributed by atoms with van der Waals surface area (Å²) >= 11 is 0. The molecule has 108 valence electrons. The standard InChI is InChI=1S/C16H27NO2/c18-15(13-14-5-11-19-12-6-14)16(7-1-2-8-16)17-9-3-4-10-17/h14H,1-13H2. The van der Waals surface area contributed by atoms with Gasteiger partial charge >= 0.3 is 0 Å². The summed E-state index contributed by atoms with van der Waals surface area (Å²) in [5.74, 6) is 1.14. The monoisotopic (exact) mass is 265 g/mol. The fourth-order valence-corrected chi connectivity index (χ4v) is 4.28. The van der Waals surface area contributed by atoms with Crippen molar-refractivity contribution in [3.05, 3.63) is 0 Å². The van der Waals surface area contributed by atoms with E-state index in [4.69, 9.17) is 4.74 Å². The third kappa shape index (κ3) is 2.73. The van der Waals surface area contributed by atoms with Crippen molar-refractivity contribution >= 4 is 5.78 Å². The number of rotatable bonds is 4. The molecule has 0 amide bonds. The van der Waals surface area contributed by atoms with Gasteiger partial charge in [0.2, 0.25) is 0 Å². The topological polar surface area (TPSA) is 29.5 Å². The van der Waals surface area contributed by atoms with Crippen molar-refractivity contribution in [2.75, 3.05) is 26.3 Å². The number of ether oxygens (including phenoxy) is 1. The Balaban J connectivity index is 1.66. The van der Waals surface area contributed by atoms with Gasteiger partial charge in [-0.3, -0.25) is 9.69 Å². The zero-order chi connectivity index (χ0) is 13.1. The predicted octanol–water partition coefficient (Wildman–Crippen LogP) is 2.78. The summed E-state index contributed by atoms with van der Waals surface area (Å²) in [6.45, 7) is 4.02. The Hall–Kier alpha value is -0.410. The summed E-state index contributed by atoms with van der Waals surface area (Å²) in [7, 11) is 0. The minimum Gasteiger partial charge on any atom is -0.381 e. The van der Waals surface area contributed by atoms with Gasteiger partial charge in [-0.05, 0) is 57.5 Å². The SMILES string of the molecule is O=C(CC1CCOCC1)C1(N2CCCC2)CCCC1. The summed E-state index contributed by atoms with van der Waals surface area (Å²) in [5.41, 5.74) is -0.0607. The zero-order valence-electron chi connectivity index (χ0n) is 12.0. The Kier molecular flexibility index (Phi) is 4.23. The molecule has 2 saturated heterocycles. The van der Waals surface area contributed by atoms with Crippen molar-refractivity contribution in [2.24, 2.45) is 5.92 Å². The van der Waals surface area contributed by atoms with Gasteiger partial charge in [0.05, 0.1) is 5.54 Å². The maximum absolute atomic E-state index is 12.9. The lowest BCUT2D eigenvalue weighted by Gasteiger charge is -2.38. The van der Waals surface area contributed by atoms with Gasteiger partial charge in [-0.1, -0.05) is 12.8 Å². The maximum Gasteiger partial charge on any atom is 0.153 e. The van der Waals surface area contributed by atoms with Gasteiger partial charge in [0, 0.05) is 19.6 Å². The molecule has 0 atom stereocenters. The summed E-state index contributed by atoms with van der Waals surface area (Å²) in [6, 6.07) is 0. The molecular weight excluding hydrogens is 238 g/mol. The first-order valence-electron chi connectivity index (χ1n) is 8.17. The van der Waals surface area contributed by atoms with Gasteiger partial charge in [0.1, 0.15) is 0 Å². The van der Waals surface area contributed by atoms with Crippen LogP contribution < -0.4 is 0 Å². The van der Waals surface area contributed by atoms with Crippen LogP contribution in [0.5, 0.6) is 0 Å². The van der Waals surface area contributed by atoms with Gasteiger partial charge in [0.25, 0.3) is 0 Å². The highest BCUT2D eigenvalue weighted by molar-refractivity contribution is 5.89. The lowest BCUT2D eigenvalue weighted by atomic mass is 9.82. The van der Waals surface area contributed by atoms with Crippen LogP contribution in [0.15, 0.2) is 0 Å². The van der Waals surface area contributed by atoms with Crippen molar-refractivity contribution in [3.8, 4) is 0 Å². The highest BCUT2D eigenvalue weighted by atomic mass is 16.5. The van der Waals surface area contributed by atoms with Crippen LogP contribution in [-0.2, 0) is 9.53 Å². The number of hydrogen-bond donors (Lipinski definition) is 0. The lowest BCUT2D eigenvalue weighted by Crippen LogP contribution is -2.52. The van der Waals surface area contributed by atoms with Crippen molar-refractivity contribution in [2.45, 2.75) is 63.3 Å². The number of carbonyl (C=O) groups is 1. The minimum absolute atomic E-state index is 0.0607. The van der Waals surface area contributed by atoms with Crippen molar-refractivity contribution in [1.82, 2.24) is 4.90 Å². The lowest BCUT2D eigenvalue weighted by molar-refractivity contribution is -0.132. The summed E-state index contributed by atoms with van der Waals surface area (Å²) in [6.07, 6.45) is 10.3. The molecule has 1 aliphatic carbocycles. The van der Waals surface area contributed by atoms with Crippen LogP contribution in [0.2, 0.25) is 0 Å². The van der Waals surface area contributed by atoms with E-state index in [9.17, 15) is 4.79 Å². The summed E-state index contributed by atoms with van der Waals surface area (Å²) in [4.78, 5) is 15.5. The van der Waals surface area contributed by atoms with Crippen LogP contribution in [-0.4, -0.2) is 42.5 Å². The second kappa shape index (κ2) is 5.92. The molecule has 3 fully saturated rings. The van der Waals surface area contributed by atoms with E-state index < -0.39 is 0 Å². The number of ketones is 1. The quantitative estimate of drug-likeness (QED) is 0.783. The highest BCUT2D eigenvalue weighted by Gasteiger charge is 2.46. The second-order valence-corrected chi connectivity index (χ2v) is 6.62. The average Bonchev–Trinajstić information content (AvgIpc) is 3.12. The number of carbonyl (C=O) groups excluding carboxylic acids is 1. The van der Waals surface area contributed by atoms with E-state index in [0.717, 1.165) is 58.4 Å².